The molecule has 0 aliphatic carbocycles. The Bertz CT molecular complexity index is 503. The maximum atomic E-state index is 12.0. The summed E-state index contributed by atoms with van der Waals surface area (Å²) >= 11 is 0. The highest BCUT2D eigenvalue weighted by Gasteiger charge is 2.38. The molecule has 2 fully saturated rings. The smallest absolute Gasteiger partial charge is 0.411 e. The second kappa shape index (κ2) is 6.97. The summed E-state index contributed by atoms with van der Waals surface area (Å²) in [4.78, 5) is 14.6. The Morgan fingerprint density at radius 3 is 2.59 bits per heavy atom. The Morgan fingerprint density at radius 1 is 1.27 bits per heavy atom. The molecular weight excluding hydrogens is 276 g/mol. The fourth-order valence-electron chi connectivity index (χ4n) is 3.79. The van der Waals surface area contributed by atoms with Gasteiger partial charge in [0.05, 0.1) is 0 Å². The molecule has 2 bridgehead atoms. The lowest BCUT2D eigenvalue weighted by atomic mass is 9.83. The first-order chi connectivity index (χ1) is 10.8. The minimum absolute atomic E-state index is 0.0278. The number of para-hydroxylation sites is 1. The largest absolute Gasteiger partial charge is 0.446 e. The Kier molecular flexibility index (Phi) is 4.78. The Balaban J connectivity index is 1.56. The number of carbonyl (C=O) groups excluding carboxylic acids is 1. The van der Waals surface area contributed by atoms with Crippen LogP contribution in [0.4, 0.5) is 10.5 Å². The number of anilines is 1. The second-order valence-electron chi connectivity index (χ2n) is 6.21. The van der Waals surface area contributed by atoms with E-state index in [4.69, 9.17) is 4.74 Å². The van der Waals surface area contributed by atoms with Crippen molar-refractivity contribution >= 4 is 11.8 Å². The van der Waals surface area contributed by atoms with Crippen LogP contribution in [0.25, 0.3) is 0 Å². The van der Waals surface area contributed by atoms with Crippen molar-refractivity contribution < 1.29 is 9.53 Å². The monoisotopic (exact) mass is 300 g/mol. The van der Waals surface area contributed by atoms with Crippen molar-refractivity contribution in [3.63, 3.8) is 0 Å². The maximum Gasteiger partial charge on any atom is 0.411 e. The zero-order valence-electron chi connectivity index (χ0n) is 12.9. The van der Waals surface area contributed by atoms with Gasteiger partial charge in [0.15, 0.2) is 0 Å². The molecule has 2 unspecified atom stereocenters. The topological polar surface area (TPSA) is 41.6 Å². The van der Waals surface area contributed by atoms with Crippen LogP contribution in [-0.4, -0.2) is 35.7 Å². The molecule has 22 heavy (non-hydrogen) atoms. The normalized spacial score (nSPS) is 27.9. The fraction of sp³-hybridized carbons (Fsp3) is 0.500. The van der Waals surface area contributed by atoms with Gasteiger partial charge in [-0.1, -0.05) is 30.7 Å². The van der Waals surface area contributed by atoms with Gasteiger partial charge in [0.25, 0.3) is 0 Å². The van der Waals surface area contributed by atoms with Crippen LogP contribution in [0.1, 0.15) is 32.1 Å². The average molecular weight is 300 g/mol. The predicted octanol–water partition coefficient (Wildman–Crippen LogP) is 3.81. The highest BCUT2D eigenvalue weighted by Crippen LogP contribution is 2.35. The number of fused-ring (bicyclic) bond motifs is 2. The number of ether oxygens (including phenoxy) is 1. The fourth-order valence-corrected chi connectivity index (χ4v) is 3.79. The van der Waals surface area contributed by atoms with E-state index in [0.29, 0.717) is 12.1 Å². The minimum Gasteiger partial charge on any atom is -0.446 e. The predicted molar refractivity (Wildman–Crippen MR) is 87.9 cm³/mol. The molecule has 4 heteroatoms. The first kappa shape index (κ1) is 15.1. The van der Waals surface area contributed by atoms with Crippen LogP contribution in [0.3, 0.4) is 0 Å². The molecular formula is C18H24N2O2. The molecule has 4 nitrogen and oxygen atoms in total. The van der Waals surface area contributed by atoms with E-state index in [1.54, 1.807) is 0 Å². The van der Waals surface area contributed by atoms with Gasteiger partial charge < -0.3 is 4.74 Å². The van der Waals surface area contributed by atoms with E-state index in [2.05, 4.69) is 16.8 Å². The maximum absolute atomic E-state index is 12.0. The number of piperidine rings is 2. The molecule has 1 amide bonds. The van der Waals surface area contributed by atoms with Crippen molar-refractivity contribution in [2.24, 2.45) is 0 Å². The van der Waals surface area contributed by atoms with Gasteiger partial charge in [-0.25, -0.2) is 4.79 Å². The molecule has 2 heterocycles. The molecule has 0 aromatic heterocycles. The first-order valence-electron chi connectivity index (χ1n) is 8.15. The lowest BCUT2D eigenvalue weighted by Crippen LogP contribution is -2.54. The number of hydrogen-bond acceptors (Lipinski definition) is 3. The highest BCUT2D eigenvalue weighted by molar-refractivity contribution is 5.84. The van der Waals surface area contributed by atoms with Gasteiger partial charge in [-0.05, 0) is 25.0 Å². The average Bonchev–Trinajstić information content (AvgIpc) is 2.49. The molecule has 2 atom stereocenters. The minimum atomic E-state index is -0.341. The summed E-state index contributed by atoms with van der Waals surface area (Å²) < 4.78 is 5.66. The Labute approximate surface area is 132 Å². The molecule has 0 spiro atoms. The Morgan fingerprint density at radius 2 is 1.95 bits per heavy atom. The van der Waals surface area contributed by atoms with E-state index in [1.165, 1.54) is 19.3 Å². The van der Waals surface area contributed by atoms with Crippen molar-refractivity contribution in [3.05, 3.63) is 43.0 Å². The third-order valence-corrected chi connectivity index (χ3v) is 4.72. The molecule has 3 rings (SSSR count). The van der Waals surface area contributed by atoms with Gasteiger partial charge >= 0.3 is 6.09 Å². The summed E-state index contributed by atoms with van der Waals surface area (Å²) in [6.45, 7) is 4.80. The Hall–Kier alpha value is -1.81. The lowest BCUT2D eigenvalue weighted by Gasteiger charge is -2.48. The van der Waals surface area contributed by atoms with Gasteiger partial charge in [0, 0.05) is 37.2 Å². The third kappa shape index (κ3) is 3.50. The first-order valence-corrected chi connectivity index (χ1v) is 8.15. The molecule has 2 aliphatic rings. The van der Waals surface area contributed by atoms with Crippen molar-refractivity contribution in [3.8, 4) is 0 Å². The van der Waals surface area contributed by atoms with E-state index in [9.17, 15) is 4.79 Å². The summed E-state index contributed by atoms with van der Waals surface area (Å²) in [5, 5.41) is 2.80. The number of hydrogen-bond donors (Lipinski definition) is 1. The number of benzene rings is 1. The van der Waals surface area contributed by atoms with Crippen molar-refractivity contribution in [1.82, 2.24) is 4.90 Å². The van der Waals surface area contributed by atoms with Crippen LogP contribution in [0.5, 0.6) is 0 Å². The number of nitrogens with one attached hydrogen (secondary N) is 1. The van der Waals surface area contributed by atoms with E-state index >= 15 is 0 Å². The van der Waals surface area contributed by atoms with E-state index < -0.39 is 0 Å². The van der Waals surface area contributed by atoms with Crippen LogP contribution < -0.4 is 5.32 Å². The van der Waals surface area contributed by atoms with Crippen LogP contribution in [-0.2, 0) is 4.74 Å². The zero-order chi connectivity index (χ0) is 15.4. The second-order valence-corrected chi connectivity index (χ2v) is 6.21. The van der Waals surface area contributed by atoms with Gasteiger partial charge in [-0.3, -0.25) is 10.2 Å². The van der Waals surface area contributed by atoms with E-state index in [0.717, 1.165) is 25.1 Å². The quantitative estimate of drug-likeness (QED) is 0.860. The molecule has 118 valence electrons. The van der Waals surface area contributed by atoms with Crippen LogP contribution in [0, 0.1) is 0 Å². The van der Waals surface area contributed by atoms with E-state index in [1.807, 2.05) is 36.4 Å². The summed E-state index contributed by atoms with van der Waals surface area (Å²) in [5.74, 6) is 0. The summed E-state index contributed by atoms with van der Waals surface area (Å²) in [5.41, 5.74) is 0.775. The molecule has 1 aromatic rings. The molecule has 2 aliphatic heterocycles. The van der Waals surface area contributed by atoms with Gasteiger partial charge in [0.1, 0.15) is 6.10 Å². The molecule has 0 radical (unpaired) electrons. The number of amides is 1. The third-order valence-electron chi connectivity index (χ3n) is 4.72. The van der Waals surface area contributed by atoms with Gasteiger partial charge in [0.2, 0.25) is 0 Å². The van der Waals surface area contributed by atoms with Gasteiger partial charge in [-0.2, -0.15) is 0 Å². The van der Waals surface area contributed by atoms with Crippen molar-refractivity contribution in [2.75, 3.05) is 11.9 Å². The lowest BCUT2D eigenvalue weighted by molar-refractivity contribution is -0.0240. The summed E-state index contributed by atoms with van der Waals surface area (Å²) in [6, 6.07) is 10.5. The van der Waals surface area contributed by atoms with Crippen LogP contribution in [0.15, 0.2) is 43.0 Å². The molecule has 0 saturated carbocycles. The number of rotatable bonds is 4. The van der Waals surface area contributed by atoms with Crippen molar-refractivity contribution in [1.29, 1.82) is 0 Å². The number of carbonyl (C=O) groups is 1. The van der Waals surface area contributed by atoms with Crippen LogP contribution in [0.2, 0.25) is 0 Å². The summed E-state index contributed by atoms with van der Waals surface area (Å²) in [7, 11) is 0. The highest BCUT2D eigenvalue weighted by atomic mass is 16.6. The SMILES string of the molecule is C=CCN1C2CCCC1CC(OC(=O)Nc1ccccc1)C2. The molecule has 1 aromatic carbocycles. The van der Waals surface area contributed by atoms with E-state index in [-0.39, 0.29) is 12.2 Å². The molecule has 1 N–H and O–H groups in total. The zero-order valence-corrected chi connectivity index (χ0v) is 12.9. The van der Waals surface area contributed by atoms with Crippen LogP contribution >= 0.6 is 0 Å². The summed E-state index contributed by atoms with van der Waals surface area (Å²) in [6.07, 6.45) is 7.22. The standard InChI is InChI=1S/C18H24N2O2/c1-2-11-20-15-9-6-10-16(20)13-17(12-15)22-18(21)19-14-7-4-3-5-8-14/h2-5,7-8,15-17H,1,6,9-13H2,(H,19,21). The van der Waals surface area contributed by atoms with Crippen molar-refractivity contribution in [2.45, 2.75) is 50.3 Å². The van der Waals surface area contributed by atoms with Gasteiger partial charge in [-0.15, -0.1) is 6.58 Å². The molecule has 2 saturated heterocycles. The number of nitrogens with zero attached hydrogens (tertiary/aromatic N) is 1.